The first kappa shape index (κ1) is 12.4. The number of carbonyl (C=O) groups excluding carboxylic acids is 2. The Morgan fingerprint density at radius 1 is 1.05 bits per heavy atom. The zero-order chi connectivity index (χ0) is 13.9. The molecular formula is C16H18NO2. The van der Waals surface area contributed by atoms with Crippen molar-refractivity contribution in [1.29, 1.82) is 0 Å². The highest BCUT2D eigenvalue weighted by atomic mass is 16.2. The Kier molecular flexibility index (Phi) is 2.40. The van der Waals surface area contributed by atoms with E-state index in [1.54, 1.807) is 0 Å². The van der Waals surface area contributed by atoms with E-state index >= 15 is 0 Å². The molecule has 2 saturated carbocycles. The quantitative estimate of drug-likeness (QED) is 0.885. The van der Waals surface area contributed by atoms with Gasteiger partial charge in [0.05, 0.1) is 0 Å². The van der Waals surface area contributed by atoms with Crippen LogP contribution in [0.4, 0.5) is 5.69 Å². The molecule has 3 nitrogen and oxygen atoms in total. The summed E-state index contributed by atoms with van der Waals surface area (Å²) < 4.78 is 0. The number of nitrogens with one attached hydrogen (secondary N) is 1. The van der Waals surface area contributed by atoms with Crippen LogP contribution >= 0.6 is 0 Å². The van der Waals surface area contributed by atoms with Crippen molar-refractivity contribution in [2.24, 2.45) is 17.3 Å². The summed E-state index contributed by atoms with van der Waals surface area (Å²) in [6, 6.07) is 6.14. The highest BCUT2D eigenvalue weighted by molar-refractivity contribution is 6.29. The van der Waals surface area contributed by atoms with E-state index in [0.717, 1.165) is 16.8 Å². The van der Waals surface area contributed by atoms with Crippen LogP contribution in [0.1, 0.15) is 25.0 Å². The maximum absolute atomic E-state index is 12.3. The van der Waals surface area contributed by atoms with Gasteiger partial charge in [0, 0.05) is 17.5 Å². The molecule has 0 spiro atoms. The minimum Gasteiger partial charge on any atom is -0.364 e. The maximum atomic E-state index is 12.3. The molecule has 1 aromatic rings. The monoisotopic (exact) mass is 256 g/mol. The average Bonchev–Trinajstić information content (AvgIpc) is 2.81. The Bertz CT molecular complexity index is 564. The van der Waals surface area contributed by atoms with Gasteiger partial charge in [-0.25, -0.2) is 0 Å². The lowest BCUT2D eigenvalue weighted by atomic mass is 9.95. The van der Waals surface area contributed by atoms with Gasteiger partial charge in [-0.3, -0.25) is 9.59 Å². The van der Waals surface area contributed by atoms with Crippen molar-refractivity contribution in [1.82, 2.24) is 0 Å². The van der Waals surface area contributed by atoms with E-state index in [4.69, 9.17) is 0 Å². The van der Waals surface area contributed by atoms with Gasteiger partial charge in [-0.1, -0.05) is 26.0 Å². The number of benzene rings is 1. The molecule has 0 heterocycles. The molecule has 0 bridgehead atoms. The molecule has 3 heteroatoms. The number of anilines is 1. The van der Waals surface area contributed by atoms with Crippen molar-refractivity contribution in [3.63, 3.8) is 0 Å². The van der Waals surface area contributed by atoms with Crippen molar-refractivity contribution in [3.05, 3.63) is 35.4 Å². The number of aryl methyl sites for hydroxylation is 1. The van der Waals surface area contributed by atoms with Gasteiger partial charge in [0.25, 0.3) is 0 Å². The number of Topliss-reactive ketones (excluding diaryl/α,β-unsaturated/α-hetero) is 2. The van der Waals surface area contributed by atoms with Crippen LogP contribution < -0.4 is 5.32 Å². The number of carbonyl (C=O) groups is 2. The fourth-order valence-electron chi connectivity index (χ4n) is 3.19. The topological polar surface area (TPSA) is 46.2 Å². The molecule has 3 rings (SSSR count). The van der Waals surface area contributed by atoms with Gasteiger partial charge in [0.2, 0.25) is 0 Å². The van der Waals surface area contributed by atoms with E-state index < -0.39 is 0 Å². The Hall–Kier alpha value is -1.64. The van der Waals surface area contributed by atoms with Gasteiger partial charge >= 0.3 is 0 Å². The minimum atomic E-state index is -0.138. The molecular weight excluding hydrogens is 238 g/mol. The van der Waals surface area contributed by atoms with E-state index in [2.05, 4.69) is 5.32 Å². The first-order chi connectivity index (χ1) is 8.85. The molecule has 0 amide bonds. The van der Waals surface area contributed by atoms with Crippen LogP contribution in [0.2, 0.25) is 0 Å². The number of ketones is 2. The molecule has 2 unspecified atom stereocenters. The molecule has 2 fully saturated rings. The summed E-state index contributed by atoms with van der Waals surface area (Å²) in [4.78, 5) is 24.5. The van der Waals surface area contributed by atoms with Gasteiger partial charge in [-0.05, 0) is 36.5 Å². The summed E-state index contributed by atoms with van der Waals surface area (Å²) in [5.41, 5.74) is 2.95. The lowest BCUT2D eigenvalue weighted by molar-refractivity contribution is -0.122. The van der Waals surface area contributed by atoms with Crippen LogP contribution in [-0.4, -0.2) is 11.6 Å². The second kappa shape index (κ2) is 3.69. The molecule has 1 aromatic carbocycles. The molecule has 0 saturated heterocycles. The summed E-state index contributed by atoms with van der Waals surface area (Å²) in [5.74, 6) is -0.234. The molecule has 0 aliphatic heterocycles. The van der Waals surface area contributed by atoms with Crippen LogP contribution in [0.3, 0.4) is 0 Å². The van der Waals surface area contributed by atoms with E-state index in [1.807, 2.05) is 45.9 Å². The average molecular weight is 256 g/mol. The fraction of sp³-hybridized carbons (Fsp3) is 0.438. The van der Waals surface area contributed by atoms with Crippen LogP contribution in [0.25, 0.3) is 0 Å². The first-order valence-corrected chi connectivity index (χ1v) is 6.64. The molecule has 1 radical (unpaired) electrons. The van der Waals surface area contributed by atoms with Crippen LogP contribution in [0.15, 0.2) is 18.2 Å². The molecule has 19 heavy (non-hydrogen) atoms. The highest BCUT2D eigenvalue weighted by Gasteiger charge is 2.73. The molecule has 2 atom stereocenters. The predicted octanol–water partition coefficient (Wildman–Crippen LogP) is 2.67. The SMILES string of the molecule is Cc1cccc(N[C]2C(=O)C3C(C2=O)C3(C)C)c1C. The number of hydrogen-bond donors (Lipinski definition) is 1. The van der Waals surface area contributed by atoms with Crippen LogP contribution in [0, 0.1) is 37.1 Å². The van der Waals surface area contributed by atoms with Gasteiger partial charge in [0.15, 0.2) is 17.6 Å². The minimum absolute atomic E-state index is 0.0130. The maximum Gasteiger partial charge on any atom is 0.194 e. The second-order valence-electron chi connectivity index (χ2n) is 6.25. The van der Waals surface area contributed by atoms with E-state index in [-0.39, 0.29) is 34.9 Å². The van der Waals surface area contributed by atoms with Gasteiger partial charge in [0.1, 0.15) is 0 Å². The van der Waals surface area contributed by atoms with Crippen molar-refractivity contribution < 1.29 is 9.59 Å². The highest BCUT2D eigenvalue weighted by Crippen LogP contribution is 2.65. The summed E-state index contributed by atoms with van der Waals surface area (Å²) in [6.07, 6.45) is 0. The Morgan fingerprint density at radius 3 is 2.21 bits per heavy atom. The smallest absolute Gasteiger partial charge is 0.194 e. The first-order valence-electron chi connectivity index (χ1n) is 6.64. The van der Waals surface area contributed by atoms with Crippen molar-refractivity contribution >= 4 is 17.3 Å². The number of fused-ring (bicyclic) bond motifs is 1. The van der Waals surface area contributed by atoms with Crippen molar-refractivity contribution in [2.75, 3.05) is 5.32 Å². The number of rotatable bonds is 2. The Morgan fingerprint density at radius 2 is 1.63 bits per heavy atom. The van der Waals surface area contributed by atoms with E-state index in [9.17, 15) is 9.59 Å². The fourth-order valence-corrected chi connectivity index (χ4v) is 3.19. The predicted molar refractivity (Wildman–Crippen MR) is 73.6 cm³/mol. The third-order valence-corrected chi connectivity index (χ3v) is 4.75. The third kappa shape index (κ3) is 1.57. The van der Waals surface area contributed by atoms with E-state index in [1.165, 1.54) is 0 Å². The summed E-state index contributed by atoms with van der Waals surface area (Å²) in [7, 11) is 0. The van der Waals surface area contributed by atoms with Crippen LogP contribution in [-0.2, 0) is 9.59 Å². The Balaban J connectivity index is 1.85. The molecule has 2 aliphatic rings. The largest absolute Gasteiger partial charge is 0.364 e. The van der Waals surface area contributed by atoms with Gasteiger partial charge in [-0.15, -0.1) is 0 Å². The zero-order valence-electron chi connectivity index (χ0n) is 11.7. The molecule has 2 aliphatic carbocycles. The lowest BCUT2D eigenvalue weighted by Gasteiger charge is -2.18. The van der Waals surface area contributed by atoms with Gasteiger partial charge < -0.3 is 5.32 Å². The summed E-state index contributed by atoms with van der Waals surface area (Å²) >= 11 is 0. The molecule has 99 valence electrons. The summed E-state index contributed by atoms with van der Waals surface area (Å²) in [5, 5.41) is 3.07. The standard InChI is InChI=1S/C16H18NO2/c1-8-6-5-7-10(9(8)2)17-13-14(18)11-12(15(13)19)16(11,3)4/h5-7,11-12,17H,1-4H3. The Labute approximate surface area is 113 Å². The van der Waals surface area contributed by atoms with Crippen LogP contribution in [0.5, 0.6) is 0 Å². The number of hydrogen-bond acceptors (Lipinski definition) is 3. The molecule has 1 N–H and O–H groups in total. The van der Waals surface area contributed by atoms with E-state index in [0.29, 0.717) is 0 Å². The molecule has 0 aromatic heterocycles. The summed E-state index contributed by atoms with van der Waals surface area (Å²) in [6.45, 7) is 8.00. The van der Waals surface area contributed by atoms with Crippen molar-refractivity contribution in [3.8, 4) is 0 Å². The zero-order valence-corrected chi connectivity index (χ0v) is 11.7. The lowest BCUT2D eigenvalue weighted by Crippen LogP contribution is -2.29. The van der Waals surface area contributed by atoms with Gasteiger partial charge in [-0.2, -0.15) is 0 Å². The van der Waals surface area contributed by atoms with Crippen molar-refractivity contribution in [2.45, 2.75) is 27.7 Å². The normalized spacial score (nSPS) is 28.4. The third-order valence-electron chi connectivity index (χ3n) is 4.75. The second-order valence-corrected chi connectivity index (χ2v) is 6.25.